The summed E-state index contributed by atoms with van der Waals surface area (Å²) in [7, 11) is -3.82. The van der Waals surface area contributed by atoms with Crippen molar-refractivity contribution in [2.75, 3.05) is 0 Å². The fourth-order valence-electron chi connectivity index (χ4n) is 4.94. The van der Waals surface area contributed by atoms with E-state index in [1.54, 1.807) is 11.3 Å². The van der Waals surface area contributed by atoms with Gasteiger partial charge in [-0.25, -0.2) is 0 Å². The van der Waals surface area contributed by atoms with Crippen LogP contribution in [-0.2, 0) is 28.7 Å². The van der Waals surface area contributed by atoms with E-state index in [1.165, 1.54) is 21.6 Å². The molecular formula is C38H66O4SSi2. The van der Waals surface area contributed by atoms with Crippen LogP contribution in [0.2, 0.25) is 36.3 Å². The minimum Gasteiger partial charge on any atom is -0.488 e. The van der Waals surface area contributed by atoms with E-state index in [0.717, 1.165) is 37.0 Å². The summed E-state index contributed by atoms with van der Waals surface area (Å²) in [5, 5.41) is 13.7. The van der Waals surface area contributed by atoms with Crippen molar-refractivity contribution in [2.45, 2.75) is 164 Å². The number of ether oxygens (including phenoxy) is 1. The smallest absolute Gasteiger partial charge is 0.192 e. The fourth-order valence-corrected chi connectivity index (χ4v) is 7.66. The van der Waals surface area contributed by atoms with Crippen LogP contribution < -0.4 is 4.74 Å². The monoisotopic (exact) mass is 674 g/mol. The molecule has 1 N–H and O–H groups in total. The molecule has 7 heteroatoms. The van der Waals surface area contributed by atoms with Crippen LogP contribution in [0, 0.1) is 5.41 Å². The number of hydrogen-bond acceptors (Lipinski definition) is 5. The highest BCUT2D eigenvalue weighted by molar-refractivity contribution is 7.10. The minimum absolute atomic E-state index is 0.143. The number of benzene rings is 1. The number of hydrogen-bond donors (Lipinski definition) is 1. The maximum absolute atomic E-state index is 11.2. The molecule has 0 fully saturated rings. The van der Waals surface area contributed by atoms with E-state index in [2.05, 4.69) is 138 Å². The third-order valence-electron chi connectivity index (χ3n) is 11.0. The molecule has 45 heavy (non-hydrogen) atoms. The van der Waals surface area contributed by atoms with E-state index < -0.39 is 22.2 Å². The Hall–Kier alpha value is -1.23. The summed E-state index contributed by atoms with van der Waals surface area (Å²) in [6, 6.07) is 8.67. The Kier molecular flexibility index (Phi) is 13.6. The Balaban J connectivity index is 2.24. The lowest BCUT2D eigenvalue weighted by molar-refractivity contribution is -0.0716. The number of thiophene rings is 1. The van der Waals surface area contributed by atoms with Crippen LogP contribution >= 0.6 is 11.3 Å². The summed E-state index contributed by atoms with van der Waals surface area (Å²) in [5.41, 5.74) is 4.08. The van der Waals surface area contributed by atoms with Crippen LogP contribution in [0.4, 0.5) is 0 Å². The lowest BCUT2D eigenvalue weighted by Gasteiger charge is -2.41. The summed E-state index contributed by atoms with van der Waals surface area (Å²) in [5.74, 6) is 0.862. The predicted octanol–water partition coefficient (Wildman–Crippen LogP) is 12.1. The molecule has 0 unspecified atom stereocenters. The van der Waals surface area contributed by atoms with E-state index in [-0.39, 0.29) is 15.5 Å². The van der Waals surface area contributed by atoms with E-state index in [1.807, 2.05) is 0 Å². The maximum atomic E-state index is 11.2. The Morgan fingerprint density at radius 1 is 0.778 bits per heavy atom. The van der Waals surface area contributed by atoms with Gasteiger partial charge in [-0.2, -0.15) is 0 Å². The van der Waals surface area contributed by atoms with Gasteiger partial charge in [0.25, 0.3) is 0 Å². The Labute approximate surface area is 283 Å². The standard InChI is InChI=1S/C38H66O4SSi2/c1-16-29(21-22-37(10,11)38(39,17-2)18-3)32-24-34(43-28-32)27-40-33-20-19-30(25-41-44(12,13)35(4,5)6)31(23-33)26-42-45(14,15)36(7,8)9/h19-21,23-24,28,39H,16-18,22,25-27H2,1-15H3/b29-21-. The highest BCUT2D eigenvalue weighted by atomic mass is 32.1. The van der Waals surface area contributed by atoms with Gasteiger partial charge in [-0.1, -0.05) is 88.3 Å². The third-order valence-corrected chi connectivity index (χ3v) is 20.9. The van der Waals surface area contributed by atoms with E-state index in [9.17, 15) is 5.11 Å². The average Bonchev–Trinajstić information content (AvgIpc) is 3.41. The molecule has 2 rings (SSSR count). The van der Waals surface area contributed by atoms with E-state index in [0.29, 0.717) is 19.8 Å². The molecule has 0 spiro atoms. The van der Waals surface area contributed by atoms with Gasteiger partial charge in [0.2, 0.25) is 0 Å². The highest BCUT2D eigenvalue weighted by Crippen LogP contribution is 2.41. The van der Waals surface area contributed by atoms with Crippen LogP contribution in [0.15, 0.2) is 35.7 Å². The first kappa shape index (κ1) is 40.0. The van der Waals surface area contributed by atoms with Gasteiger partial charge in [-0.05, 0) is 113 Å². The summed E-state index contributed by atoms with van der Waals surface area (Å²) in [4.78, 5) is 1.20. The lowest BCUT2D eigenvalue weighted by Crippen LogP contribution is -2.43. The molecule has 0 aliphatic rings. The van der Waals surface area contributed by atoms with Gasteiger partial charge in [0.15, 0.2) is 16.6 Å². The first-order valence-electron chi connectivity index (χ1n) is 17.0. The van der Waals surface area contributed by atoms with Gasteiger partial charge in [0.05, 0.1) is 18.8 Å². The average molecular weight is 675 g/mol. The zero-order chi connectivity index (χ0) is 34.5. The first-order valence-corrected chi connectivity index (χ1v) is 23.7. The molecule has 0 aliphatic carbocycles. The summed E-state index contributed by atoms with van der Waals surface area (Å²) in [6.07, 6.45) is 5.67. The van der Waals surface area contributed by atoms with Gasteiger partial charge in [-0.3, -0.25) is 0 Å². The molecule has 1 aromatic heterocycles. The van der Waals surface area contributed by atoms with Crippen LogP contribution in [0.5, 0.6) is 5.75 Å². The normalized spacial score (nSPS) is 14.3. The van der Waals surface area contributed by atoms with Crippen molar-refractivity contribution in [3.8, 4) is 5.75 Å². The quantitative estimate of drug-likeness (QED) is 0.180. The summed E-state index contributed by atoms with van der Waals surface area (Å²) >= 11 is 1.75. The van der Waals surface area contributed by atoms with Crippen molar-refractivity contribution in [3.05, 3.63) is 57.3 Å². The third kappa shape index (κ3) is 10.4. The largest absolute Gasteiger partial charge is 0.488 e. The zero-order valence-corrected chi connectivity index (χ0v) is 34.3. The van der Waals surface area contributed by atoms with Crippen molar-refractivity contribution in [3.63, 3.8) is 0 Å². The molecule has 0 saturated heterocycles. The van der Waals surface area contributed by atoms with Gasteiger partial charge in [0, 0.05) is 4.88 Å². The molecular weight excluding hydrogens is 609 g/mol. The van der Waals surface area contributed by atoms with Crippen molar-refractivity contribution in [1.82, 2.24) is 0 Å². The second kappa shape index (κ2) is 15.3. The molecule has 1 heterocycles. The van der Waals surface area contributed by atoms with E-state index in [4.69, 9.17) is 13.6 Å². The Morgan fingerprint density at radius 3 is 1.80 bits per heavy atom. The summed E-state index contributed by atoms with van der Waals surface area (Å²) < 4.78 is 19.7. The van der Waals surface area contributed by atoms with Crippen molar-refractivity contribution in [2.24, 2.45) is 5.41 Å². The minimum atomic E-state index is -1.92. The van der Waals surface area contributed by atoms with Crippen LogP contribution in [0.3, 0.4) is 0 Å². The topological polar surface area (TPSA) is 47.9 Å². The fraction of sp³-hybridized carbons (Fsp3) is 0.684. The highest BCUT2D eigenvalue weighted by Gasteiger charge is 2.40. The second-order valence-corrected chi connectivity index (χ2v) is 27.1. The van der Waals surface area contributed by atoms with Gasteiger partial charge in [-0.15, -0.1) is 11.3 Å². The van der Waals surface area contributed by atoms with Crippen molar-refractivity contribution < 1.29 is 18.7 Å². The molecule has 0 saturated carbocycles. The molecule has 0 aliphatic heterocycles. The predicted molar refractivity (Wildman–Crippen MR) is 201 cm³/mol. The van der Waals surface area contributed by atoms with Crippen molar-refractivity contribution in [1.29, 1.82) is 0 Å². The lowest BCUT2D eigenvalue weighted by atomic mass is 9.69. The molecule has 1 aromatic carbocycles. The molecule has 0 atom stereocenters. The van der Waals surface area contributed by atoms with Gasteiger partial charge < -0.3 is 18.7 Å². The van der Waals surface area contributed by atoms with Gasteiger partial charge in [0.1, 0.15) is 12.4 Å². The second-order valence-electron chi connectivity index (χ2n) is 16.5. The molecule has 0 bridgehead atoms. The van der Waals surface area contributed by atoms with Crippen LogP contribution in [0.25, 0.3) is 5.57 Å². The molecule has 0 radical (unpaired) electrons. The summed E-state index contributed by atoms with van der Waals surface area (Å²) in [6.45, 7) is 35.4. The van der Waals surface area contributed by atoms with E-state index >= 15 is 0 Å². The Morgan fingerprint density at radius 2 is 1.31 bits per heavy atom. The molecule has 256 valence electrons. The Bertz CT molecular complexity index is 1260. The van der Waals surface area contributed by atoms with Crippen LogP contribution in [0.1, 0.15) is 123 Å². The number of rotatable bonds is 16. The van der Waals surface area contributed by atoms with Crippen molar-refractivity contribution >= 4 is 33.5 Å². The molecule has 0 amide bonds. The molecule has 2 aromatic rings. The zero-order valence-electron chi connectivity index (χ0n) is 31.5. The van der Waals surface area contributed by atoms with Gasteiger partial charge >= 0.3 is 0 Å². The van der Waals surface area contributed by atoms with Crippen LogP contribution in [-0.4, -0.2) is 27.3 Å². The molecule has 4 nitrogen and oxygen atoms in total. The maximum Gasteiger partial charge on any atom is 0.192 e. The first-order chi connectivity index (χ1) is 20.5. The SMILES string of the molecule is CC/C(=C/CC(C)(C)C(O)(CC)CC)c1csc(COc2ccc(CO[Si](C)(C)C(C)(C)C)c(CO[Si](C)(C)C(C)(C)C)c2)c1. The number of allylic oxidation sites excluding steroid dienone is 2. The number of aliphatic hydroxyl groups is 1.